The SMILES string of the molecule is Nc1ncc(-c2cc(Nc3ccc4ncccc4c3)nc(N3CCOCC3)n2)cn1. The maximum absolute atomic E-state index is 5.63. The largest absolute Gasteiger partial charge is 0.378 e. The number of nitrogens with zero attached hydrogens (tertiary/aromatic N) is 6. The number of hydrogen-bond acceptors (Lipinski definition) is 9. The second-order valence-electron chi connectivity index (χ2n) is 6.90. The fourth-order valence-corrected chi connectivity index (χ4v) is 3.32. The standard InChI is InChI=1S/C21H20N8O/c22-20-24-12-15(13-25-20)18-11-19(28-21(27-18)29-6-8-30-9-7-29)26-16-3-4-17-14(10-16)2-1-5-23-17/h1-5,10-13H,6-9H2,(H2,22,24,25)(H,26,27,28). The summed E-state index contributed by atoms with van der Waals surface area (Å²) < 4.78 is 5.46. The zero-order valence-electron chi connectivity index (χ0n) is 16.2. The highest BCUT2D eigenvalue weighted by Crippen LogP contribution is 2.26. The van der Waals surface area contributed by atoms with Crippen molar-refractivity contribution in [2.45, 2.75) is 0 Å². The quantitative estimate of drug-likeness (QED) is 0.533. The van der Waals surface area contributed by atoms with Gasteiger partial charge in [-0.3, -0.25) is 4.98 Å². The minimum absolute atomic E-state index is 0.226. The summed E-state index contributed by atoms with van der Waals surface area (Å²) >= 11 is 0. The number of nitrogens with two attached hydrogens (primary N) is 1. The third-order valence-electron chi connectivity index (χ3n) is 4.85. The second kappa shape index (κ2) is 7.88. The van der Waals surface area contributed by atoms with Crippen molar-refractivity contribution < 1.29 is 4.74 Å². The molecule has 1 saturated heterocycles. The molecule has 150 valence electrons. The lowest BCUT2D eigenvalue weighted by Gasteiger charge is -2.27. The van der Waals surface area contributed by atoms with Gasteiger partial charge < -0.3 is 20.7 Å². The maximum atomic E-state index is 5.63. The predicted octanol–water partition coefficient (Wildman–Crippen LogP) is 2.64. The van der Waals surface area contributed by atoms with Crippen molar-refractivity contribution in [2.75, 3.05) is 42.3 Å². The molecule has 4 aromatic rings. The lowest BCUT2D eigenvalue weighted by Crippen LogP contribution is -2.37. The maximum Gasteiger partial charge on any atom is 0.228 e. The van der Waals surface area contributed by atoms with E-state index in [2.05, 4.69) is 25.2 Å². The Morgan fingerprint density at radius 2 is 1.80 bits per heavy atom. The van der Waals surface area contributed by atoms with Gasteiger partial charge in [-0.05, 0) is 24.3 Å². The molecule has 9 nitrogen and oxygen atoms in total. The molecule has 0 radical (unpaired) electrons. The number of pyridine rings is 1. The van der Waals surface area contributed by atoms with Crippen LogP contribution in [0.2, 0.25) is 0 Å². The topological polar surface area (TPSA) is 115 Å². The third-order valence-corrected chi connectivity index (χ3v) is 4.85. The first-order valence-corrected chi connectivity index (χ1v) is 9.66. The van der Waals surface area contributed by atoms with E-state index >= 15 is 0 Å². The molecule has 4 heterocycles. The average Bonchev–Trinajstić information content (AvgIpc) is 2.80. The number of benzene rings is 1. The van der Waals surface area contributed by atoms with Gasteiger partial charge in [0.1, 0.15) is 5.82 Å². The molecule has 0 atom stereocenters. The summed E-state index contributed by atoms with van der Waals surface area (Å²) in [6.45, 7) is 2.78. The Morgan fingerprint density at radius 1 is 0.967 bits per heavy atom. The van der Waals surface area contributed by atoms with Gasteiger partial charge >= 0.3 is 0 Å². The van der Waals surface area contributed by atoms with Gasteiger partial charge in [-0.15, -0.1) is 0 Å². The number of ether oxygens (including phenoxy) is 1. The molecule has 30 heavy (non-hydrogen) atoms. The van der Waals surface area contributed by atoms with E-state index < -0.39 is 0 Å². The summed E-state index contributed by atoms with van der Waals surface area (Å²) in [5, 5.41) is 4.45. The molecule has 9 heteroatoms. The van der Waals surface area contributed by atoms with Crippen molar-refractivity contribution in [1.82, 2.24) is 24.9 Å². The molecule has 1 aliphatic heterocycles. The Kier molecular flexibility index (Phi) is 4.78. The first kappa shape index (κ1) is 18.2. The number of aromatic nitrogens is 5. The smallest absolute Gasteiger partial charge is 0.228 e. The van der Waals surface area contributed by atoms with Crippen LogP contribution in [-0.4, -0.2) is 51.2 Å². The van der Waals surface area contributed by atoms with Gasteiger partial charge in [-0.2, -0.15) is 4.98 Å². The molecule has 1 fully saturated rings. The fourth-order valence-electron chi connectivity index (χ4n) is 3.32. The van der Waals surface area contributed by atoms with Crippen LogP contribution in [0.4, 0.5) is 23.4 Å². The van der Waals surface area contributed by atoms with Crippen LogP contribution in [0, 0.1) is 0 Å². The van der Waals surface area contributed by atoms with E-state index in [4.69, 9.17) is 20.4 Å². The Balaban J connectivity index is 1.53. The van der Waals surface area contributed by atoms with Crippen LogP contribution < -0.4 is 16.0 Å². The van der Waals surface area contributed by atoms with Gasteiger partial charge in [0.15, 0.2) is 0 Å². The zero-order valence-corrected chi connectivity index (χ0v) is 16.2. The number of anilines is 4. The molecular weight excluding hydrogens is 380 g/mol. The molecule has 1 aromatic carbocycles. The molecule has 0 unspecified atom stereocenters. The zero-order chi connectivity index (χ0) is 20.3. The van der Waals surface area contributed by atoms with Crippen molar-refractivity contribution >= 4 is 34.3 Å². The lowest BCUT2D eigenvalue weighted by atomic mass is 10.2. The number of morpholine rings is 1. The molecular formula is C21H20N8O. The lowest BCUT2D eigenvalue weighted by molar-refractivity contribution is 0.122. The highest BCUT2D eigenvalue weighted by molar-refractivity contribution is 5.83. The van der Waals surface area contributed by atoms with Gasteiger partial charge in [0.05, 0.1) is 24.4 Å². The Morgan fingerprint density at radius 3 is 2.63 bits per heavy atom. The van der Waals surface area contributed by atoms with Crippen LogP contribution in [0.1, 0.15) is 0 Å². The van der Waals surface area contributed by atoms with Crippen molar-refractivity contribution in [3.63, 3.8) is 0 Å². The van der Waals surface area contributed by atoms with Crippen molar-refractivity contribution in [3.8, 4) is 11.3 Å². The molecule has 0 amide bonds. The van der Waals surface area contributed by atoms with Gasteiger partial charge in [0, 0.05) is 54.4 Å². The molecule has 0 saturated carbocycles. The minimum atomic E-state index is 0.226. The molecule has 0 bridgehead atoms. The molecule has 1 aliphatic rings. The van der Waals surface area contributed by atoms with Gasteiger partial charge in [0.2, 0.25) is 11.9 Å². The molecule has 3 N–H and O–H groups in total. The molecule has 0 aliphatic carbocycles. The summed E-state index contributed by atoms with van der Waals surface area (Å²) in [6, 6.07) is 11.8. The first-order chi connectivity index (χ1) is 14.7. The van der Waals surface area contributed by atoms with Crippen LogP contribution in [0.25, 0.3) is 22.2 Å². The van der Waals surface area contributed by atoms with E-state index in [0.29, 0.717) is 25.0 Å². The summed E-state index contributed by atoms with van der Waals surface area (Å²) in [6.07, 6.45) is 5.12. The summed E-state index contributed by atoms with van der Waals surface area (Å²) in [7, 11) is 0. The monoisotopic (exact) mass is 400 g/mol. The Bertz CT molecular complexity index is 1180. The summed E-state index contributed by atoms with van der Waals surface area (Å²) in [5.74, 6) is 1.54. The van der Waals surface area contributed by atoms with Crippen LogP contribution in [-0.2, 0) is 4.74 Å². The van der Waals surface area contributed by atoms with E-state index in [1.807, 2.05) is 36.4 Å². The van der Waals surface area contributed by atoms with Gasteiger partial charge in [0.25, 0.3) is 0 Å². The number of rotatable bonds is 4. The van der Waals surface area contributed by atoms with E-state index in [1.54, 1.807) is 18.6 Å². The highest BCUT2D eigenvalue weighted by atomic mass is 16.5. The van der Waals surface area contributed by atoms with Crippen LogP contribution in [0.15, 0.2) is 55.0 Å². The minimum Gasteiger partial charge on any atom is -0.378 e. The van der Waals surface area contributed by atoms with E-state index in [1.165, 1.54) is 0 Å². The van der Waals surface area contributed by atoms with Crippen LogP contribution >= 0.6 is 0 Å². The number of fused-ring (bicyclic) bond motifs is 1. The fraction of sp³-hybridized carbons (Fsp3) is 0.190. The van der Waals surface area contributed by atoms with Crippen molar-refractivity contribution in [1.29, 1.82) is 0 Å². The number of hydrogen-bond donors (Lipinski definition) is 2. The van der Waals surface area contributed by atoms with Gasteiger partial charge in [-0.1, -0.05) is 6.07 Å². The summed E-state index contributed by atoms with van der Waals surface area (Å²) in [4.78, 5) is 24.1. The van der Waals surface area contributed by atoms with E-state index in [-0.39, 0.29) is 5.95 Å². The van der Waals surface area contributed by atoms with Crippen LogP contribution in [0.5, 0.6) is 0 Å². The highest BCUT2D eigenvalue weighted by Gasteiger charge is 2.17. The summed E-state index contributed by atoms with van der Waals surface area (Å²) in [5.41, 5.74) is 8.99. The normalized spacial score (nSPS) is 14.1. The van der Waals surface area contributed by atoms with Crippen LogP contribution in [0.3, 0.4) is 0 Å². The first-order valence-electron chi connectivity index (χ1n) is 9.66. The van der Waals surface area contributed by atoms with E-state index in [9.17, 15) is 0 Å². The second-order valence-corrected chi connectivity index (χ2v) is 6.90. The number of nitrogen functional groups attached to an aromatic ring is 1. The molecule has 3 aromatic heterocycles. The molecule has 5 rings (SSSR count). The predicted molar refractivity (Wildman–Crippen MR) is 116 cm³/mol. The average molecular weight is 400 g/mol. The van der Waals surface area contributed by atoms with Crippen molar-refractivity contribution in [3.05, 3.63) is 55.0 Å². The number of nitrogens with one attached hydrogen (secondary N) is 1. The molecule has 0 spiro atoms. The Hall–Kier alpha value is -3.85. The Labute approximate surface area is 173 Å². The van der Waals surface area contributed by atoms with E-state index in [0.717, 1.165) is 40.9 Å². The van der Waals surface area contributed by atoms with Gasteiger partial charge in [-0.25, -0.2) is 15.0 Å². The van der Waals surface area contributed by atoms with Crippen molar-refractivity contribution in [2.24, 2.45) is 0 Å². The third kappa shape index (κ3) is 3.83.